The van der Waals surface area contributed by atoms with Crippen molar-refractivity contribution in [1.82, 2.24) is 4.90 Å². The smallest absolute Gasteiger partial charge is 0.232 e. The van der Waals surface area contributed by atoms with Gasteiger partial charge in [-0.05, 0) is 33.5 Å². The summed E-state index contributed by atoms with van der Waals surface area (Å²) in [4.78, 5) is 2.01. The first-order valence-electron chi connectivity index (χ1n) is 3.49. The minimum Gasteiger partial charge on any atom is -0.309 e. The van der Waals surface area contributed by atoms with E-state index >= 15 is 0 Å². The first kappa shape index (κ1) is 15.0. The Morgan fingerprint density at radius 1 is 1.25 bits per heavy atom. The molecule has 76 valence electrons. The Kier molecular flexibility index (Phi) is 8.68. The minimum atomic E-state index is -3.27. The van der Waals surface area contributed by atoms with Crippen LogP contribution < -0.4 is 0 Å². The topological polar surface area (TPSA) is 37.4 Å². The van der Waals surface area contributed by atoms with E-state index in [-0.39, 0.29) is 18.2 Å². The average molecular weight is 236 g/mol. The normalized spacial score (nSPS) is 11.3. The van der Waals surface area contributed by atoms with Crippen LogP contribution in [0.1, 0.15) is 12.8 Å². The van der Waals surface area contributed by atoms with Crippen molar-refractivity contribution < 1.29 is 8.42 Å². The molecule has 0 aliphatic carbocycles. The molecule has 0 aromatic carbocycles. The molecule has 0 heterocycles. The first-order chi connectivity index (χ1) is 4.92. The number of nitrogens with zero attached hydrogens (tertiary/aromatic N) is 1. The Bertz CT molecular complexity index is 192. The second-order valence-electron chi connectivity index (χ2n) is 2.75. The monoisotopic (exact) mass is 235 g/mol. The van der Waals surface area contributed by atoms with Crippen molar-refractivity contribution in [2.24, 2.45) is 0 Å². The van der Waals surface area contributed by atoms with Gasteiger partial charge in [-0.25, -0.2) is 8.42 Å². The molecule has 0 saturated carbocycles. The number of unbranched alkanes of at least 4 members (excludes halogenated alkanes) is 1. The van der Waals surface area contributed by atoms with Gasteiger partial charge in [-0.15, -0.1) is 12.4 Å². The molecular formula is C6H15Cl2NO2S. The first-order valence-corrected chi connectivity index (χ1v) is 5.97. The van der Waals surface area contributed by atoms with Gasteiger partial charge in [0, 0.05) is 10.7 Å². The van der Waals surface area contributed by atoms with Crippen LogP contribution in [0.25, 0.3) is 0 Å². The highest BCUT2D eigenvalue weighted by atomic mass is 35.7. The maximum absolute atomic E-state index is 10.4. The van der Waals surface area contributed by atoms with Crippen molar-refractivity contribution in [3.8, 4) is 0 Å². The van der Waals surface area contributed by atoms with Crippen LogP contribution in [0.15, 0.2) is 0 Å². The lowest BCUT2D eigenvalue weighted by molar-refractivity contribution is 0.398. The van der Waals surface area contributed by atoms with Gasteiger partial charge in [-0.3, -0.25) is 0 Å². The minimum absolute atomic E-state index is 0. The van der Waals surface area contributed by atoms with E-state index in [2.05, 4.69) is 0 Å². The summed E-state index contributed by atoms with van der Waals surface area (Å²) in [5.41, 5.74) is 0. The Morgan fingerprint density at radius 2 is 1.75 bits per heavy atom. The van der Waals surface area contributed by atoms with E-state index in [0.29, 0.717) is 6.42 Å². The van der Waals surface area contributed by atoms with Crippen molar-refractivity contribution in [2.45, 2.75) is 12.8 Å². The van der Waals surface area contributed by atoms with Crippen LogP contribution in [0.3, 0.4) is 0 Å². The zero-order valence-corrected chi connectivity index (χ0v) is 9.68. The molecule has 3 nitrogen and oxygen atoms in total. The molecule has 12 heavy (non-hydrogen) atoms. The van der Waals surface area contributed by atoms with Gasteiger partial charge in [0.2, 0.25) is 9.05 Å². The molecule has 0 spiro atoms. The van der Waals surface area contributed by atoms with Gasteiger partial charge in [0.25, 0.3) is 0 Å². The van der Waals surface area contributed by atoms with Gasteiger partial charge in [0.1, 0.15) is 0 Å². The molecule has 6 heteroatoms. The zero-order chi connectivity index (χ0) is 8.91. The standard InChI is InChI=1S/C6H14ClNO2S.ClH/c1-8(2)5-3-4-6-11(7,9)10;/h3-6H2,1-2H3;1H. The molecule has 0 atom stereocenters. The van der Waals surface area contributed by atoms with E-state index in [4.69, 9.17) is 10.7 Å². The second kappa shape index (κ2) is 6.95. The lowest BCUT2D eigenvalue weighted by Gasteiger charge is -2.07. The average Bonchev–Trinajstić information content (AvgIpc) is 1.78. The van der Waals surface area contributed by atoms with Gasteiger partial charge in [-0.2, -0.15) is 0 Å². The van der Waals surface area contributed by atoms with E-state index in [9.17, 15) is 8.42 Å². The predicted molar refractivity (Wildman–Crippen MR) is 54.7 cm³/mol. The molecule has 0 N–H and O–H groups in total. The Hall–Kier alpha value is 0.490. The summed E-state index contributed by atoms with van der Waals surface area (Å²) in [6.45, 7) is 0.909. The Balaban J connectivity index is 0. The summed E-state index contributed by atoms with van der Waals surface area (Å²) >= 11 is 0. The van der Waals surface area contributed by atoms with Crippen LogP contribution >= 0.6 is 23.1 Å². The van der Waals surface area contributed by atoms with E-state index in [1.54, 1.807) is 0 Å². The van der Waals surface area contributed by atoms with E-state index in [1.807, 2.05) is 19.0 Å². The van der Waals surface area contributed by atoms with Crippen LogP contribution in [-0.2, 0) is 9.05 Å². The summed E-state index contributed by atoms with van der Waals surface area (Å²) < 4.78 is 20.9. The summed E-state index contributed by atoms with van der Waals surface area (Å²) in [5.74, 6) is 0.0857. The molecule has 0 bridgehead atoms. The van der Waals surface area contributed by atoms with Crippen LogP contribution in [-0.4, -0.2) is 39.7 Å². The largest absolute Gasteiger partial charge is 0.309 e. The zero-order valence-electron chi connectivity index (χ0n) is 7.29. The summed E-state index contributed by atoms with van der Waals surface area (Å²) in [5, 5.41) is 0. The number of hydrogen-bond donors (Lipinski definition) is 0. The van der Waals surface area contributed by atoms with Crippen molar-refractivity contribution in [3.63, 3.8) is 0 Å². The van der Waals surface area contributed by atoms with Crippen molar-refractivity contribution in [3.05, 3.63) is 0 Å². The van der Waals surface area contributed by atoms with E-state index in [0.717, 1.165) is 13.0 Å². The van der Waals surface area contributed by atoms with E-state index in [1.165, 1.54) is 0 Å². The second-order valence-corrected chi connectivity index (χ2v) is 5.65. The molecule has 0 saturated heterocycles. The van der Waals surface area contributed by atoms with Crippen LogP contribution in [0.2, 0.25) is 0 Å². The summed E-state index contributed by atoms with van der Waals surface area (Å²) in [7, 11) is 5.65. The van der Waals surface area contributed by atoms with Crippen LogP contribution in [0, 0.1) is 0 Å². The highest BCUT2D eigenvalue weighted by Gasteiger charge is 2.03. The maximum Gasteiger partial charge on any atom is 0.232 e. The maximum atomic E-state index is 10.4. The number of halogens is 2. The highest BCUT2D eigenvalue weighted by molar-refractivity contribution is 8.13. The fourth-order valence-electron chi connectivity index (χ4n) is 0.702. The van der Waals surface area contributed by atoms with Crippen molar-refractivity contribution in [1.29, 1.82) is 0 Å². The molecule has 0 aliphatic heterocycles. The molecular weight excluding hydrogens is 221 g/mol. The van der Waals surface area contributed by atoms with Gasteiger partial charge in [0.05, 0.1) is 5.75 Å². The molecule has 0 fully saturated rings. The lowest BCUT2D eigenvalue weighted by atomic mass is 10.3. The highest BCUT2D eigenvalue weighted by Crippen LogP contribution is 2.01. The third-order valence-electron chi connectivity index (χ3n) is 1.24. The predicted octanol–water partition coefficient (Wildman–Crippen LogP) is 1.32. The van der Waals surface area contributed by atoms with Crippen molar-refractivity contribution in [2.75, 3.05) is 26.4 Å². The molecule has 0 aromatic rings. The van der Waals surface area contributed by atoms with Crippen molar-refractivity contribution >= 4 is 32.1 Å². The third kappa shape index (κ3) is 13.1. The SMILES string of the molecule is CN(C)CCCCS(=O)(=O)Cl.Cl. The van der Waals surface area contributed by atoms with Crippen LogP contribution in [0.4, 0.5) is 0 Å². The molecule has 0 aliphatic rings. The molecule has 0 rings (SSSR count). The fraction of sp³-hybridized carbons (Fsp3) is 1.00. The van der Waals surface area contributed by atoms with Gasteiger partial charge >= 0.3 is 0 Å². The molecule has 0 radical (unpaired) electrons. The third-order valence-corrected chi connectivity index (χ3v) is 2.48. The molecule has 0 amide bonds. The van der Waals surface area contributed by atoms with E-state index < -0.39 is 9.05 Å². The van der Waals surface area contributed by atoms with Gasteiger partial charge < -0.3 is 4.90 Å². The summed E-state index contributed by atoms with van der Waals surface area (Å²) in [6, 6.07) is 0. The lowest BCUT2D eigenvalue weighted by Crippen LogP contribution is -2.13. The Morgan fingerprint density at radius 3 is 2.08 bits per heavy atom. The number of hydrogen-bond acceptors (Lipinski definition) is 3. The quantitative estimate of drug-likeness (QED) is 0.533. The summed E-state index contributed by atoms with van der Waals surface area (Å²) in [6.07, 6.45) is 1.52. The Labute approximate surface area is 84.9 Å². The van der Waals surface area contributed by atoms with Gasteiger partial charge in [0.15, 0.2) is 0 Å². The van der Waals surface area contributed by atoms with Crippen LogP contribution in [0.5, 0.6) is 0 Å². The number of rotatable bonds is 5. The van der Waals surface area contributed by atoms with Gasteiger partial charge in [-0.1, -0.05) is 0 Å². The molecule has 0 unspecified atom stereocenters. The fourth-order valence-corrected chi connectivity index (χ4v) is 1.58. The molecule has 0 aromatic heterocycles.